The zero-order valence-corrected chi connectivity index (χ0v) is 57.3. The molecule has 5 heteroatoms. The van der Waals surface area contributed by atoms with Gasteiger partial charge in [0.05, 0.1) is 5.41 Å². The third-order valence-corrected chi connectivity index (χ3v) is 23.7. The van der Waals surface area contributed by atoms with E-state index in [2.05, 4.69) is 304 Å². The number of halogens is 1. The molecule has 0 radical (unpaired) electrons. The van der Waals surface area contributed by atoms with Gasteiger partial charge in [-0.2, -0.15) is 0 Å². The number of furan rings is 2. The number of hydrogen-bond acceptors (Lipinski definition) is 4. The first-order valence-corrected chi connectivity index (χ1v) is 36.7. The summed E-state index contributed by atoms with van der Waals surface area (Å²) < 4.78 is 22.5. The predicted octanol–water partition coefficient (Wildman–Crippen LogP) is 26.7. The second-order valence-corrected chi connectivity index (χ2v) is 29.7. The minimum absolute atomic E-state index is 0.0149. The molecular weight excluding hydrogens is 1270 g/mol. The number of para-hydroxylation sites is 2. The van der Waals surface area contributed by atoms with Crippen LogP contribution < -0.4 is 4.74 Å². The number of aryl methyl sites for hydroxylation is 2. The molecule has 2 aliphatic carbocycles. The number of rotatable bonds is 13. The Morgan fingerprint density at radius 3 is 1.93 bits per heavy atom. The highest BCUT2D eigenvalue weighted by molar-refractivity contribution is 7.19. The van der Waals surface area contributed by atoms with E-state index >= 15 is 0 Å². The molecule has 0 N–H and O–H groups in total. The smallest absolute Gasteiger partial charge is 0.143 e. The first-order chi connectivity index (χ1) is 49.8. The van der Waals surface area contributed by atoms with Crippen LogP contribution in [0.5, 0.6) is 11.5 Å². The van der Waals surface area contributed by atoms with Gasteiger partial charge in [-0.1, -0.05) is 255 Å². The predicted molar refractivity (Wildman–Crippen MR) is 421 cm³/mol. The van der Waals surface area contributed by atoms with Crippen molar-refractivity contribution in [3.8, 4) is 56.0 Å². The number of thiophene rings is 1. The van der Waals surface area contributed by atoms with Gasteiger partial charge in [0.25, 0.3) is 0 Å². The SMILES string of the molecule is CC1C=Cc2c(sc3ccc(CC[C@@H](c4cc(-c5ccccc5)c5c(c4)oc4ccccc45)c4cccc5c4-c4ccccc4C54c5ccc(Cl)cc5Oc5cc(CCC(c6ccc(-c7ccccc7)cc6)c6cc(-c7ccc8ccccc8c7)c7oc8ccccc8c7c6)ccc54)cc23)C1. The van der Waals surface area contributed by atoms with Crippen LogP contribution in [0.25, 0.3) is 115 Å². The van der Waals surface area contributed by atoms with Gasteiger partial charge in [-0.05, 0) is 211 Å². The first-order valence-electron chi connectivity index (χ1n) is 35.5. The Hall–Kier alpha value is -11.3. The lowest BCUT2D eigenvalue weighted by Gasteiger charge is -2.39. The normalized spacial score (nSPS) is 15.6. The van der Waals surface area contributed by atoms with Crippen LogP contribution >= 0.6 is 22.9 Å². The molecular formula is C96H67ClO3S. The van der Waals surface area contributed by atoms with Crippen molar-refractivity contribution >= 4 is 93.7 Å². The van der Waals surface area contributed by atoms with Crippen molar-refractivity contribution in [2.45, 2.75) is 56.3 Å². The zero-order valence-electron chi connectivity index (χ0n) is 55.7. The Morgan fingerprint density at radius 1 is 0.436 bits per heavy atom. The lowest BCUT2D eigenvalue weighted by Crippen LogP contribution is -2.32. The summed E-state index contributed by atoms with van der Waals surface area (Å²) in [6.45, 7) is 2.33. The largest absolute Gasteiger partial charge is 0.457 e. The first kappa shape index (κ1) is 59.8. The van der Waals surface area contributed by atoms with E-state index in [-0.39, 0.29) is 11.8 Å². The van der Waals surface area contributed by atoms with Gasteiger partial charge >= 0.3 is 0 Å². The third-order valence-electron chi connectivity index (χ3n) is 22.3. The van der Waals surface area contributed by atoms with Crippen LogP contribution in [-0.2, 0) is 24.7 Å². The molecule has 4 atom stereocenters. The van der Waals surface area contributed by atoms with E-state index in [9.17, 15) is 0 Å². The minimum atomic E-state index is -0.754. The van der Waals surface area contributed by atoms with Gasteiger partial charge in [0.2, 0.25) is 0 Å². The van der Waals surface area contributed by atoms with Crippen molar-refractivity contribution in [2.75, 3.05) is 0 Å². The van der Waals surface area contributed by atoms with Gasteiger partial charge < -0.3 is 13.6 Å². The number of hydrogen-bond donors (Lipinski definition) is 0. The highest BCUT2D eigenvalue weighted by Gasteiger charge is 2.52. The summed E-state index contributed by atoms with van der Waals surface area (Å²) in [6, 6.07) is 110. The van der Waals surface area contributed by atoms with Gasteiger partial charge in [0.1, 0.15) is 33.8 Å². The molecule has 17 aromatic rings. The fourth-order valence-corrected chi connectivity index (χ4v) is 19.0. The van der Waals surface area contributed by atoms with Crippen molar-refractivity contribution in [2.24, 2.45) is 5.92 Å². The maximum Gasteiger partial charge on any atom is 0.143 e. The second kappa shape index (κ2) is 24.0. The standard InChI is InChI=1S/C96H67ClO3S/c1-58-31-43-74-80-50-59(35-48-91(80)101-92(74)49-58)33-45-72(69-53-78(64-20-6-3-7-21-64)94-77-25-12-15-30-87(77)98-90(94)56-69)75-26-16-28-85-93(75)76-24-10-13-27-82(76)96(85)83-46-34-60(51-88(83)99-89-57-70(97)42-47-84(89)96)32-44-71(65-39-36-63(37-40-65)61-17-4-2-5-18-61)68-54-79(67-41-38-62-19-8-9-22-66(62)52-67)95-81(55-68)73-23-11-14-29-86(73)100-95/h2-31,34-43,46-48,50-58,71-72H,32-33,44-45,49H2,1H3/t58?,71?,72-,96?/m0/s1. The van der Waals surface area contributed by atoms with Gasteiger partial charge in [0, 0.05) is 70.1 Å². The van der Waals surface area contributed by atoms with E-state index in [4.69, 9.17) is 25.2 Å². The molecule has 1 spiro atoms. The summed E-state index contributed by atoms with van der Waals surface area (Å²) in [4.78, 5) is 1.50. The number of fused-ring (bicyclic) bond motifs is 19. The maximum atomic E-state index is 7.33. The van der Waals surface area contributed by atoms with Crippen LogP contribution in [0.15, 0.2) is 312 Å². The summed E-state index contributed by atoms with van der Waals surface area (Å²) in [6.07, 6.45) is 9.21. The Balaban J connectivity index is 0.735. The number of allylic oxidation sites excluding steroid dienone is 1. The quantitative estimate of drug-likeness (QED) is 0.115. The van der Waals surface area contributed by atoms with E-state index in [1.54, 1.807) is 0 Å². The van der Waals surface area contributed by atoms with Crippen LogP contribution in [0.2, 0.25) is 5.02 Å². The van der Waals surface area contributed by atoms with Gasteiger partial charge in [-0.25, -0.2) is 0 Å². The summed E-state index contributed by atoms with van der Waals surface area (Å²) in [7, 11) is 0. The Labute approximate surface area is 595 Å². The van der Waals surface area contributed by atoms with Gasteiger partial charge in [-0.15, -0.1) is 11.3 Å². The van der Waals surface area contributed by atoms with Crippen molar-refractivity contribution in [3.63, 3.8) is 0 Å². The topological polar surface area (TPSA) is 35.5 Å². The second-order valence-electron chi connectivity index (χ2n) is 28.1. The average molecular weight is 1340 g/mol. The van der Waals surface area contributed by atoms with Crippen molar-refractivity contribution < 1.29 is 13.6 Å². The molecule has 3 unspecified atom stereocenters. The van der Waals surface area contributed by atoms with E-state index in [0.29, 0.717) is 10.9 Å². The number of ether oxygens (including phenoxy) is 1. The molecule has 20 rings (SSSR count). The Kier molecular flexibility index (Phi) is 14.2. The Bertz CT molecular complexity index is 6210. The fraction of sp³-hybridized carbons (Fsp3) is 0.104. The lowest BCUT2D eigenvalue weighted by molar-refractivity contribution is 0.435. The molecule has 4 heterocycles. The monoisotopic (exact) mass is 1330 g/mol. The van der Waals surface area contributed by atoms with Crippen molar-refractivity contribution in [3.05, 3.63) is 374 Å². The maximum absolute atomic E-state index is 7.33. The van der Waals surface area contributed by atoms with Crippen molar-refractivity contribution in [1.29, 1.82) is 0 Å². The lowest BCUT2D eigenvalue weighted by atomic mass is 9.65. The van der Waals surface area contributed by atoms with Crippen LogP contribution in [0.1, 0.15) is 97.7 Å². The molecule has 0 saturated carbocycles. The summed E-state index contributed by atoms with van der Waals surface area (Å²) in [5.41, 5.74) is 25.9. The number of benzene rings is 14. The molecule has 0 bridgehead atoms. The highest BCUT2D eigenvalue weighted by atomic mass is 35.5. The molecule has 1 aliphatic heterocycles. The third kappa shape index (κ3) is 9.89. The molecule has 0 saturated heterocycles. The van der Waals surface area contributed by atoms with E-state index in [0.717, 1.165) is 110 Å². The fourth-order valence-electron chi connectivity index (χ4n) is 17.6. The zero-order chi connectivity index (χ0) is 66.9. The Morgan fingerprint density at radius 2 is 1.09 bits per heavy atom. The van der Waals surface area contributed by atoms with Gasteiger partial charge in [0.15, 0.2) is 0 Å². The molecule has 482 valence electrons. The highest BCUT2D eigenvalue weighted by Crippen LogP contribution is 2.64. The molecule has 3 aromatic heterocycles. The summed E-state index contributed by atoms with van der Waals surface area (Å²) in [5.74, 6) is 2.12. The molecule has 3 aliphatic rings. The molecule has 101 heavy (non-hydrogen) atoms. The average Bonchev–Trinajstić information content (AvgIpc) is 1.54. The van der Waals surface area contributed by atoms with Crippen LogP contribution in [0.4, 0.5) is 0 Å². The van der Waals surface area contributed by atoms with Crippen LogP contribution in [0.3, 0.4) is 0 Å². The molecule has 0 amide bonds. The summed E-state index contributed by atoms with van der Waals surface area (Å²) >= 11 is 9.09. The van der Waals surface area contributed by atoms with Gasteiger partial charge in [-0.3, -0.25) is 0 Å². The van der Waals surface area contributed by atoms with E-state index < -0.39 is 5.41 Å². The van der Waals surface area contributed by atoms with Crippen molar-refractivity contribution in [1.82, 2.24) is 0 Å². The van der Waals surface area contributed by atoms with Crippen LogP contribution in [0, 0.1) is 5.92 Å². The summed E-state index contributed by atoms with van der Waals surface area (Å²) in [5, 5.41) is 8.91. The molecule has 0 fully saturated rings. The van der Waals surface area contributed by atoms with E-state index in [1.807, 2.05) is 23.5 Å². The molecule has 3 nitrogen and oxygen atoms in total. The van der Waals surface area contributed by atoms with E-state index in [1.165, 1.54) is 109 Å². The van der Waals surface area contributed by atoms with Crippen LogP contribution in [-0.4, -0.2) is 0 Å². The minimum Gasteiger partial charge on any atom is -0.457 e. The molecule has 14 aromatic carbocycles.